The van der Waals surface area contributed by atoms with E-state index in [1.807, 2.05) is 12.1 Å². The number of aryl methyl sites for hydroxylation is 1. The van der Waals surface area contributed by atoms with Crippen LogP contribution in [0.5, 0.6) is 11.5 Å². The Labute approximate surface area is 191 Å². The summed E-state index contributed by atoms with van der Waals surface area (Å²) in [5.41, 5.74) is 3.13. The highest BCUT2D eigenvalue weighted by Crippen LogP contribution is 2.32. The molecule has 1 aliphatic heterocycles. The summed E-state index contributed by atoms with van der Waals surface area (Å²) in [7, 11) is 1.49. The van der Waals surface area contributed by atoms with Gasteiger partial charge >= 0.3 is 0 Å². The number of aromatic hydroxyl groups is 1. The lowest BCUT2D eigenvalue weighted by Gasteiger charge is -2.24. The molecule has 32 heavy (non-hydrogen) atoms. The van der Waals surface area contributed by atoms with Gasteiger partial charge < -0.3 is 20.1 Å². The third-order valence-electron chi connectivity index (χ3n) is 5.45. The maximum absolute atomic E-state index is 13.5. The monoisotopic (exact) mass is 450 g/mol. The van der Waals surface area contributed by atoms with Gasteiger partial charge in [0.15, 0.2) is 0 Å². The molecule has 1 aliphatic rings. The summed E-state index contributed by atoms with van der Waals surface area (Å²) in [5.74, 6) is -0.169. The molecule has 0 radical (unpaired) electrons. The van der Waals surface area contributed by atoms with E-state index in [0.717, 1.165) is 30.5 Å². The molecule has 2 N–H and O–H groups in total. The second-order valence-corrected chi connectivity index (χ2v) is 8.04. The van der Waals surface area contributed by atoms with Crippen molar-refractivity contribution in [1.29, 1.82) is 0 Å². The van der Waals surface area contributed by atoms with Gasteiger partial charge in [-0.05, 0) is 73.4 Å². The van der Waals surface area contributed by atoms with E-state index in [9.17, 15) is 14.7 Å². The summed E-state index contributed by atoms with van der Waals surface area (Å²) >= 11 is 6.16. The van der Waals surface area contributed by atoms with Crippen molar-refractivity contribution in [3.05, 3.63) is 82.4 Å². The predicted molar refractivity (Wildman–Crippen MR) is 125 cm³/mol. The summed E-state index contributed by atoms with van der Waals surface area (Å²) in [6.07, 6.45) is 2.74. The fourth-order valence-electron chi connectivity index (χ4n) is 3.88. The van der Waals surface area contributed by atoms with Crippen molar-refractivity contribution in [3.63, 3.8) is 0 Å². The predicted octanol–water partition coefficient (Wildman–Crippen LogP) is 5.29. The fraction of sp³-hybridized carbons (Fsp3) is 0.200. The number of methoxy groups -OCH3 is 1. The van der Waals surface area contributed by atoms with E-state index >= 15 is 0 Å². The number of phenols is 1. The quantitative estimate of drug-likeness (QED) is 0.566. The standard InChI is InChI=1S/C25H23ClN2O4/c1-32-23-15-19(27-24(30)17-6-4-7-20(29)14-17)9-10-21(23)25(31)28-12-3-2-5-16-13-18(26)8-11-22(16)28/h4,6-11,13-15,29H,2-3,5,12H2,1H3,(H,27,30). The van der Waals surface area contributed by atoms with Crippen LogP contribution >= 0.6 is 11.6 Å². The Balaban J connectivity index is 1.61. The van der Waals surface area contributed by atoms with Gasteiger partial charge in [-0.15, -0.1) is 0 Å². The molecule has 0 bridgehead atoms. The van der Waals surface area contributed by atoms with Crippen LogP contribution in [0, 0.1) is 0 Å². The number of fused-ring (bicyclic) bond motifs is 1. The largest absolute Gasteiger partial charge is 0.508 e. The third-order valence-corrected chi connectivity index (χ3v) is 5.69. The highest BCUT2D eigenvalue weighted by molar-refractivity contribution is 6.30. The van der Waals surface area contributed by atoms with E-state index in [1.165, 1.54) is 19.2 Å². The number of halogens is 1. The molecule has 3 aromatic rings. The number of carbonyl (C=O) groups excluding carboxylic acids is 2. The van der Waals surface area contributed by atoms with Crippen LogP contribution in [-0.2, 0) is 6.42 Å². The van der Waals surface area contributed by atoms with E-state index in [2.05, 4.69) is 5.32 Å². The van der Waals surface area contributed by atoms with Crippen LogP contribution in [0.25, 0.3) is 0 Å². The summed E-state index contributed by atoms with van der Waals surface area (Å²) in [4.78, 5) is 27.7. The number of benzene rings is 3. The summed E-state index contributed by atoms with van der Waals surface area (Å²) < 4.78 is 5.48. The molecule has 4 rings (SSSR count). The van der Waals surface area contributed by atoms with Crippen molar-refractivity contribution >= 4 is 34.8 Å². The zero-order valence-corrected chi connectivity index (χ0v) is 18.4. The minimum Gasteiger partial charge on any atom is -0.508 e. The average molecular weight is 451 g/mol. The fourth-order valence-corrected chi connectivity index (χ4v) is 4.07. The average Bonchev–Trinajstić information content (AvgIpc) is 3.00. The molecule has 7 heteroatoms. The number of hydrogen-bond donors (Lipinski definition) is 2. The lowest BCUT2D eigenvalue weighted by Crippen LogP contribution is -2.32. The Bertz CT molecular complexity index is 1180. The number of anilines is 2. The van der Waals surface area contributed by atoms with Crippen molar-refractivity contribution < 1.29 is 19.4 Å². The van der Waals surface area contributed by atoms with E-state index in [4.69, 9.17) is 16.3 Å². The molecule has 0 saturated heterocycles. The maximum Gasteiger partial charge on any atom is 0.262 e. The molecular formula is C25H23ClN2O4. The number of nitrogens with zero attached hydrogens (tertiary/aromatic N) is 1. The van der Waals surface area contributed by atoms with Gasteiger partial charge in [0.25, 0.3) is 11.8 Å². The molecule has 6 nitrogen and oxygen atoms in total. The smallest absolute Gasteiger partial charge is 0.262 e. The summed E-state index contributed by atoms with van der Waals surface area (Å²) in [6.45, 7) is 0.604. The SMILES string of the molecule is COc1cc(NC(=O)c2cccc(O)c2)ccc1C(=O)N1CCCCc2cc(Cl)ccc21. The van der Waals surface area contributed by atoms with E-state index in [0.29, 0.717) is 34.1 Å². The van der Waals surface area contributed by atoms with Crippen LogP contribution in [0.1, 0.15) is 39.1 Å². The molecular weight excluding hydrogens is 428 g/mol. The van der Waals surface area contributed by atoms with Crippen LogP contribution in [0.2, 0.25) is 5.02 Å². The minimum absolute atomic E-state index is 0.00944. The van der Waals surface area contributed by atoms with Crippen LogP contribution < -0.4 is 15.0 Å². The summed E-state index contributed by atoms with van der Waals surface area (Å²) in [6, 6.07) is 16.6. The number of amides is 2. The normalized spacial score (nSPS) is 13.1. The van der Waals surface area contributed by atoms with Crippen molar-refractivity contribution in [2.75, 3.05) is 23.9 Å². The molecule has 0 aliphatic carbocycles. The minimum atomic E-state index is -0.375. The first kappa shape index (κ1) is 21.7. The number of phenolic OH excluding ortho intramolecular Hbond substituents is 1. The first-order valence-electron chi connectivity index (χ1n) is 10.3. The number of rotatable bonds is 4. The van der Waals surface area contributed by atoms with Crippen LogP contribution in [-0.4, -0.2) is 30.6 Å². The van der Waals surface area contributed by atoms with Gasteiger partial charge in [-0.1, -0.05) is 17.7 Å². The Morgan fingerprint density at radius 3 is 2.69 bits per heavy atom. The molecule has 3 aromatic carbocycles. The van der Waals surface area contributed by atoms with Gasteiger partial charge in [-0.3, -0.25) is 9.59 Å². The number of carbonyl (C=O) groups is 2. The van der Waals surface area contributed by atoms with Crippen molar-refractivity contribution in [2.24, 2.45) is 0 Å². The van der Waals surface area contributed by atoms with Gasteiger partial charge in [0.1, 0.15) is 11.5 Å². The van der Waals surface area contributed by atoms with Crippen LogP contribution in [0.4, 0.5) is 11.4 Å². The second-order valence-electron chi connectivity index (χ2n) is 7.61. The second kappa shape index (κ2) is 9.32. The Kier molecular flexibility index (Phi) is 6.32. The van der Waals surface area contributed by atoms with E-state index in [1.54, 1.807) is 41.3 Å². The molecule has 1 heterocycles. The highest BCUT2D eigenvalue weighted by Gasteiger charge is 2.25. The molecule has 0 spiro atoms. The molecule has 0 fully saturated rings. The van der Waals surface area contributed by atoms with Gasteiger partial charge in [0.2, 0.25) is 0 Å². The zero-order valence-electron chi connectivity index (χ0n) is 17.6. The third kappa shape index (κ3) is 4.55. The lowest BCUT2D eigenvalue weighted by atomic mass is 10.1. The Morgan fingerprint density at radius 1 is 1.06 bits per heavy atom. The molecule has 0 atom stereocenters. The molecule has 0 unspecified atom stereocenters. The molecule has 164 valence electrons. The Morgan fingerprint density at radius 2 is 1.91 bits per heavy atom. The van der Waals surface area contributed by atoms with Crippen molar-refractivity contribution in [2.45, 2.75) is 19.3 Å². The van der Waals surface area contributed by atoms with Gasteiger partial charge in [-0.25, -0.2) is 0 Å². The first-order valence-corrected chi connectivity index (χ1v) is 10.7. The number of nitrogens with one attached hydrogen (secondary N) is 1. The van der Waals surface area contributed by atoms with Gasteiger partial charge in [0.05, 0.1) is 12.7 Å². The van der Waals surface area contributed by atoms with Crippen molar-refractivity contribution in [1.82, 2.24) is 0 Å². The topological polar surface area (TPSA) is 78.9 Å². The number of hydrogen-bond acceptors (Lipinski definition) is 4. The highest BCUT2D eigenvalue weighted by atomic mass is 35.5. The maximum atomic E-state index is 13.5. The summed E-state index contributed by atoms with van der Waals surface area (Å²) in [5, 5.41) is 13.0. The van der Waals surface area contributed by atoms with E-state index in [-0.39, 0.29) is 17.6 Å². The van der Waals surface area contributed by atoms with Crippen molar-refractivity contribution in [3.8, 4) is 11.5 Å². The van der Waals surface area contributed by atoms with Gasteiger partial charge in [0, 0.05) is 34.6 Å². The molecule has 2 amide bonds. The van der Waals surface area contributed by atoms with Crippen LogP contribution in [0.3, 0.4) is 0 Å². The lowest BCUT2D eigenvalue weighted by molar-refractivity contribution is 0.0983. The van der Waals surface area contributed by atoms with Gasteiger partial charge in [-0.2, -0.15) is 0 Å². The molecule has 0 saturated carbocycles. The number of ether oxygens (including phenoxy) is 1. The zero-order chi connectivity index (χ0) is 22.7. The van der Waals surface area contributed by atoms with Crippen LogP contribution in [0.15, 0.2) is 60.7 Å². The Hall–Kier alpha value is -3.51. The molecule has 0 aromatic heterocycles. The first-order chi connectivity index (χ1) is 15.5. The van der Waals surface area contributed by atoms with E-state index < -0.39 is 0 Å².